The van der Waals surface area contributed by atoms with Crippen molar-refractivity contribution < 1.29 is 9.47 Å². The van der Waals surface area contributed by atoms with Crippen molar-refractivity contribution in [3.63, 3.8) is 0 Å². The Kier molecular flexibility index (Phi) is 3.81. The second-order valence-electron chi connectivity index (χ2n) is 7.32. The largest absolute Gasteiger partial charge is 0.457 e. The maximum Gasteiger partial charge on any atom is 0.257 e. The average molecular weight is 361 g/mol. The Bertz CT molecular complexity index is 1040. The Morgan fingerprint density at radius 2 is 2.00 bits per heavy atom. The van der Waals surface area contributed by atoms with Gasteiger partial charge in [-0.2, -0.15) is 0 Å². The van der Waals surface area contributed by atoms with Gasteiger partial charge in [-0.1, -0.05) is 24.3 Å². The number of hydrogen-bond donors (Lipinski definition) is 0. The highest BCUT2D eigenvalue weighted by atomic mass is 16.7. The number of allylic oxidation sites excluding steroid dienone is 1. The molecule has 2 aliphatic rings. The predicted molar refractivity (Wildman–Crippen MR) is 105 cm³/mol. The fourth-order valence-corrected chi connectivity index (χ4v) is 4.14. The molecule has 0 N–H and O–H groups in total. The number of hydrogen-bond acceptors (Lipinski definition) is 4. The molecule has 0 bridgehead atoms. The smallest absolute Gasteiger partial charge is 0.257 e. The van der Waals surface area contributed by atoms with Gasteiger partial charge in [-0.15, -0.1) is 0 Å². The monoisotopic (exact) mass is 361 g/mol. The van der Waals surface area contributed by atoms with Gasteiger partial charge in [0.15, 0.2) is 0 Å². The van der Waals surface area contributed by atoms with Crippen molar-refractivity contribution in [1.82, 2.24) is 9.55 Å². The second kappa shape index (κ2) is 6.34. The molecule has 3 aromatic rings. The van der Waals surface area contributed by atoms with Crippen LogP contribution < -0.4 is 4.90 Å². The number of rotatable bonds is 3. The van der Waals surface area contributed by atoms with Gasteiger partial charge >= 0.3 is 0 Å². The molecule has 0 saturated heterocycles. The normalized spacial score (nSPS) is 18.8. The van der Waals surface area contributed by atoms with Crippen LogP contribution in [0.1, 0.15) is 23.7 Å². The van der Waals surface area contributed by atoms with Crippen LogP contribution >= 0.6 is 0 Å². The van der Waals surface area contributed by atoms with Crippen LogP contribution in [0.25, 0.3) is 10.9 Å². The Labute approximate surface area is 158 Å². The summed E-state index contributed by atoms with van der Waals surface area (Å²) in [6.45, 7) is 6.60. The molecule has 1 atom stereocenters. The number of anilines is 1. The van der Waals surface area contributed by atoms with Crippen molar-refractivity contribution >= 4 is 16.7 Å². The standard InChI is InChI=1S/C22H23N3O2/c1-15-11-19-20(25(15)13-21-26-14-16(2)27-21)7-9-23-22(19)24-10-8-17-5-3-4-6-18(17)12-24/h3-7,9,11,14,21H,8,10,12-13H2,1-2H3. The summed E-state index contributed by atoms with van der Waals surface area (Å²) >= 11 is 0. The molecule has 27 heavy (non-hydrogen) atoms. The molecule has 4 heterocycles. The van der Waals surface area contributed by atoms with E-state index in [0.717, 1.165) is 31.1 Å². The number of fused-ring (bicyclic) bond motifs is 2. The highest BCUT2D eigenvalue weighted by Gasteiger charge is 2.23. The first-order valence-electron chi connectivity index (χ1n) is 9.44. The van der Waals surface area contributed by atoms with E-state index < -0.39 is 0 Å². The highest BCUT2D eigenvalue weighted by Crippen LogP contribution is 2.31. The van der Waals surface area contributed by atoms with Crippen molar-refractivity contribution in [3.8, 4) is 0 Å². The van der Waals surface area contributed by atoms with Crippen LogP contribution in [0.2, 0.25) is 0 Å². The third-order valence-electron chi connectivity index (χ3n) is 5.48. The third-order valence-corrected chi connectivity index (χ3v) is 5.48. The van der Waals surface area contributed by atoms with Gasteiger partial charge < -0.3 is 18.9 Å². The quantitative estimate of drug-likeness (QED) is 0.703. The first-order chi connectivity index (χ1) is 13.2. The van der Waals surface area contributed by atoms with E-state index in [-0.39, 0.29) is 6.29 Å². The van der Waals surface area contributed by atoms with Gasteiger partial charge in [0, 0.05) is 30.4 Å². The molecule has 5 nitrogen and oxygen atoms in total. The zero-order chi connectivity index (χ0) is 18.4. The van der Waals surface area contributed by atoms with Crippen molar-refractivity contribution in [2.75, 3.05) is 11.4 Å². The Balaban J connectivity index is 1.49. The first-order valence-corrected chi connectivity index (χ1v) is 9.44. The van der Waals surface area contributed by atoms with Crippen LogP contribution in [0, 0.1) is 6.92 Å². The third kappa shape index (κ3) is 2.83. The summed E-state index contributed by atoms with van der Waals surface area (Å²) in [6, 6.07) is 13.0. The minimum atomic E-state index is -0.266. The number of benzene rings is 1. The zero-order valence-electron chi connectivity index (χ0n) is 15.7. The molecule has 0 radical (unpaired) electrons. The molecule has 1 aromatic carbocycles. The van der Waals surface area contributed by atoms with E-state index >= 15 is 0 Å². The fraction of sp³-hybridized carbons (Fsp3) is 0.318. The molecule has 0 aliphatic carbocycles. The molecule has 0 spiro atoms. The van der Waals surface area contributed by atoms with Crippen LogP contribution in [0.5, 0.6) is 0 Å². The summed E-state index contributed by atoms with van der Waals surface area (Å²) < 4.78 is 13.6. The van der Waals surface area contributed by atoms with Crippen LogP contribution in [0.4, 0.5) is 5.82 Å². The number of nitrogens with zero attached hydrogens (tertiary/aromatic N) is 3. The number of aromatic nitrogens is 2. The topological polar surface area (TPSA) is 39.5 Å². The van der Waals surface area contributed by atoms with E-state index in [0.29, 0.717) is 6.54 Å². The van der Waals surface area contributed by atoms with Crippen molar-refractivity contribution in [2.45, 2.75) is 39.6 Å². The lowest BCUT2D eigenvalue weighted by Gasteiger charge is -2.30. The summed E-state index contributed by atoms with van der Waals surface area (Å²) in [6.07, 6.45) is 4.39. The molecule has 1 unspecified atom stereocenters. The van der Waals surface area contributed by atoms with Crippen LogP contribution in [0.3, 0.4) is 0 Å². The predicted octanol–water partition coefficient (Wildman–Crippen LogP) is 4.14. The Morgan fingerprint density at radius 1 is 1.15 bits per heavy atom. The molecule has 5 heteroatoms. The minimum absolute atomic E-state index is 0.266. The lowest BCUT2D eigenvalue weighted by molar-refractivity contribution is -0.0416. The van der Waals surface area contributed by atoms with E-state index in [1.54, 1.807) is 6.26 Å². The summed E-state index contributed by atoms with van der Waals surface area (Å²) in [5, 5.41) is 1.19. The molecule has 0 saturated carbocycles. The Hall–Kier alpha value is -2.95. The lowest BCUT2D eigenvalue weighted by Crippen LogP contribution is -2.31. The van der Waals surface area contributed by atoms with Crippen molar-refractivity contribution in [1.29, 1.82) is 0 Å². The molecular weight excluding hydrogens is 338 g/mol. The van der Waals surface area contributed by atoms with E-state index in [2.05, 4.69) is 52.8 Å². The van der Waals surface area contributed by atoms with Crippen molar-refractivity contribution in [3.05, 3.63) is 71.4 Å². The zero-order valence-corrected chi connectivity index (χ0v) is 15.7. The summed E-state index contributed by atoms with van der Waals surface area (Å²) in [7, 11) is 0. The molecular formula is C22H23N3O2. The Morgan fingerprint density at radius 3 is 2.81 bits per heavy atom. The average Bonchev–Trinajstić information content (AvgIpc) is 3.24. The van der Waals surface area contributed by atoms with E-state index in [1.807, 2.05) is 13.1 Å². The van der Waals surface area contributed by atoms with Crippen LogP contribution in [-0.2, 0) is 29.0 Å². The second-order valence-corrected chi connectivity index (χ2v) is 7.32. The molecule has 2 aliphatic heterocycles. The summed E-state index contributed by atoms with van der Waals surface area (Å²) in [5.41, 5.74) is 5.21. The highest BCUT2D eigenvalue weighted by molar-refractivity contribution is 5.91. The molecule has 0 amide bonds. The minimum Gasteiger partial charge on any atom is -0.457 e. The first kappa shape index (κ1) is 16.2. The molecule has 2 aromatic heterocycles. The summed E-state index contributed by atoms with van der Waals surface area (Å²) in [5.74, 6) is 1.88. The number of ether oxygens (including phenoxy) is 2. The van der Waals surface area contributed by atoms with Crippen molar-refractivity contribution in [2.24, 2.45) is 0 Å². The van der Waals surface area contributed by atoms with Gasteiger partial charge in [-0.3, -0.25) is 0 Å². The SMILES string of the molecule is CC1=COC(Cn2c(C)cc3c(N4CCc5ccccc5C4)nccc32)O1. The van der Waals surface area contributed by atoms with Crippen LogP contribution in [-0.4, -0.2) is 22.4 Å². The van der Waals surface area contributed by atoms with Gasteiger partial charge in [0.1, 0.15) is 17.8 Å². The van der Waals surface area contributed by atoms with Gasteiger partial charge in [-0.25, -0.2) is 4.98 Å². The molecule has 0 fully saturated rings. The van der Waals surface area contributed by atoms with Gasteiger partial charge in [-0.05, 0) is 43.5 Å². The van der Waals surface area contributed by atoms with Gasteiger partial charge in [0.05, 0.1) is 12.1 Å². The van der Waals surface area contributed by atoms with E-state index in [4.69, 9.17) is 14.5 Å². The maximum atomic E-state index is 5.72. The number of pyridine rings is 1. The lowest BCUT2D eigenvalue weighted by atomic mass is 10.00. The van der Waals surface area contributed by atoms with E-state index in [9.17, 15) is 0 Å². The fourth-order valence-electron chi connectivity index (χ4n) is 4.14. The molecule has 5 rings (SSSR count). The molecule has 138 valence electrons. The summed E-state index contributed by atoms with van der Waals surface area (Å²) in [4.78, 5) is 7.13. The maximum absolute atomic E-state index is 5.72. The number of aryl methyl sites for hydroxylation is 1. The van der Waals surface area contributed by atoms with Gasteiger partial charge in [0.25, 0.3) is 6.29 Å². The van der Waals surface area contributed by atoms with Crippen LogP contribution in [0.15, 0.2) is 54.6 Å². The van der Waals surface area contributed by atoms with E-state index in [1.165, 1.54) is 27.7 Å². The van der Waals surface area contributed by atoms with Gasteiger partial charge in [0.2, 0.25) is 0 Å².